The number of halogens is 2. The molecule has 0 fully saturated rings. The van der Waals surface area contributed by atoms with Gasteiger partial charge in [-0.2, -0.15) is 0 Å². The van der Waals surface area contributed by atoms with Crippen LogP contribution in [0.3, 0.4) is 0 Å². The molecule has 2 aromatic rings. The summed E-state index contributed by atoms with van der Waals surface area (Å²) in [4.78, 5) is 0. The molecule has 0 spiro atoms. The third kappa shape index (κ3) is 4.37. The van der Waals surface area contributed by atoms with Gasteiger partial charge in [-0.15, -0.1) is 0 Å². The predicted octanol–water partition coefficient (Wildman–Crippen LogP) is 4.41. The van der Waals surface area contributed by atoms with Crippen molar-refractivity contribution in [2.24, 2.45) is 0 Å². The first kappa shape index (κ1) is 16.1. The van der Waals surface area contributed by atoms with Crippen molar-refractivity contribution in [1.29, 1.82) is 0 Å². The van der Waals surface area contributed by atoms with Gasteiger partial charge in [0.1, 0.15) is 18.1 Å². The zero-order valence-electron chi connectivity index (χ0n) is 12.0. The van der Waals surface area contributed by atoms with E-state index in [0.29, 0.717) is 11.6 Å². The Labute approximate surface area is 138 Å². The van der Waals surface area contributed by atoms with E-state index in [-0.39, 0.29) is 0 Å². The Hall–Kier alpha value is -1.23. The third-order valence-corrected chi connectivity index (χ3v) is 4.03. The lowest BCUT2D eigenvalue weighted by molar-refractivity contribution is 0.296. The first-order chi connectivity index (χ1) is 10.1. The van der Waals surface area contributed by atoms with Gasteiger partial charge in [-0.3, -0.25) is 0 Å². The van der Waals surface area contributed by atoms with E-state index in [0.717, 1.165) is 33.6 Å². The van der Waals surface area contributed by atoms with E-state index in [1.165, 1.54) is 0 Å². The molecule has 3 nitrogen and oxygen atoms in total. The second-order valence-corrected chi connectivity index (χ2v) is 5.82. The van der Waals surface area contributed by atoms with Crippen LogP contribution in [0.1, 0.15) is 11.1 Å². The van der Waals surface area contributed by atoms with Crippen molar-refractivity contribution in [3.63, 3.8) is 0 Å². The van der Waals surface area contributed by atoms with Gasteiger partial charge in [0.25, 0.3) is 0 Å². The Balaban J connectivity index is 2.13. The van der Waals surface area contributed by atoms with Crippen LogP contribution in [0, 0.1) is 0 Å². The van der Waals surface area contributed by atoms with Crippen LogP contribution in [-0.2, 0) is 13.2 Å². The fraction of sp³-hybridized carbons (Fsp3) is 0.250. The topological polar surface area (TPSA) is 30.5 Å². The van der Waals surface area contributed by atoms with Gasteiger partial charge in [-0.05, 0) is 49.0 Å². The molecule has 0 amide bonds. The fourth-order valence-corrected chi connectivity index (χ4v) is 2.57. The molecular formula is C16H17BrClNO2. The summed E-state index contributed by atoms with van der Waals surface area (Å²) in [5.41, 5.74) is 2.07. The molecule has 2 rings (SSSR count). The molecule has 0 heterocycles. The molecule has 5 heteroatoms. The number of benzene rings is 2. The van der Waals surface area contributed by atoms with Gasteiger partial charge in [-0.1, -0.05) is 27.5 Å². The standard InChI is InChI=1S/C16H17BrClNO2/c1-19-9-11-8-14(4-5-15(11)17)21-10-12-7-13(18)3-6-16(12)20-2/h3-8,19H,9-10H2,1-2H3. The fourth-order valence-electron chi connectivity index (χ4n) is 1.99. The SMILES string of the molecule is CNCc1cc(OCc2cc(Cl)ccc2OC)ccc1Br. The van der Waals surface area contributed by atoms with Gasteiger partial charge in [0, 0.05) is 21.6 Å². The second-order valence-electron chi connectivity index (χ2n) is 4.53. The monoisotopic (exact) mass is 369 g/mol. The summed E-state index contributed by atoms with van der Waals surface area (Å²) in [5, 5.41) is 3.80. The molecule has 0 aliphatic heterocycles. The first-order valence-electron chi connectivity index (χ1n) is 6.52. The molecule has 0 aliphatic rings. The van der Waals surface area contributed by atoms with E-state index in [1.807, 2.05) is 37.4 Å². The van der Waals surface area contributed by atoms with Crippen LogP contribution in [0.5, 0.6) is 11.5 Å². The van der Waals surface area contributed by atoms with Gasteiger partial charge in [0.05, 0.1) is 7.11 Å². The predicted molar refractivity (Wildman–Crippen MR) is 89.2 cm³/mol. The molecule has 2 aromatic carbocycles. The van der Waals surface area contributed by atoms with Crippen molar-refractivity contribution in [2.75, 3.05) is 14.2 Å². The highest BCUT2D eigenvalue weighted by molar-refractivity contribution is 9.10. The Morgan fingerprint density at radius 2 is 1.95 bits per heavy atom. The summed E-state index contributed by atoms with van der Waals surface area (Å²) in [6, 6.07) is 11.4. The quantitative estimate of drug-likeness (QED) is 0.817. The molecule has 0 aliphatic carbocycles. The molecular weight excluding hydrogens is 354 g/mol. The summed E-state index contributed by atoms with van der Waals surface area (Å²) in [6.07, 6.45) is 0. The molecule has 0 atom stereocenters. The zero-order chi connectivity index (χ0) is 15.2. The molecule has 0 unspecified atom stereocenters. The Morgan fingerprint density at radius 3 is 2.67 bits per heavy atom. The van der Waals surface area contributed by atoms with Crippen LogP contribution < -0.4 is 14.8 Å². The average molecular weight is 371 g/mol. The minimum absolute atomic E-state index is 0.407. The van der Waals surface area contributed by atoms with Crippen molar-refractivity contribution in [1.82, 2.24) is 5.32 Å². The number of hydrogen-bond donors (Lipinski definition) is 1. The van der Waals surface area contributed by atoms with E-state index in [9.17, 15) is 0 Å². The number of hydrogen-bond acceptors (Lipinski definition) is 3. The first-order valence-corrected chi connectivity index (χ1v) is 7.69. The summed E-state index contributed by atoms with van der Waals surface area (Å²) in [7, 11) is 3.55. The molecule has 1 N–H and O–H groups in total. The van der Waals surface area contributed by atoms with Crippen molar-refractivity contribution in [3.8, 4) is 11.5 Å². The third-order valence-electron chi connectivity index (χ3n) is 3.02. The minimum Gasteiger partial charge on any atom is -0.496 e. The minimum atomic E-state index is 0.407. The van der Waals surface area contributed by atoms with E-state index in [4.69, 9.17) is 21.1 Å². The summed E-state index contributed by atoms with van der Waals surface area (Å²) >= 11 is 9.54. The van der Waals surface area contributed by atoms with Crippen LogP contribution in [-0.4, -0.2) is 14.2 Å². The lowest BCUT2D eigenvalue weighted by atomic mass is 10.2. The van der Waals surface area contributed by atoms with Crippen LogP contribution in [0.4, 0.5) is 0 Å². The largest absolute Gasteiger partial charge is 0.496 e. The molecule has 0 aromatic heterocycles. The van der Waals surface area contributed by atoms with Crippen molar-refractivity contribution in [2.45, 2.75) is 13.2 Å². The van der Waals surface area contributed by atoms with Gasteiger partial charge < -0.3 is 14.8 Å². The Bertz CT molecular complexity index is 619. The summed E-state index contributed by atoms with van der Waals surface area (Å²) < 4.78 is 12.2. The van der Waals surface area contributed by atoms with Gasteiger partial charge in [-0.25, -0.2) is 0 Å². The average Bonchev–Trinajstić information content (AvgIpc) is 2.48. The lowest BCUT2D eigenvalue weighted by Gasteiger charge is -2.12. The van der Waals surface area contributed by atoms with Crippen LogP contribution in [0.15, 0.2) is 40.9 Å². The normalized spacial score (nSPS) is 10.5. The number of nitrogens with one attached hydrogen (secondary N) is 1. The molecule has 0 radical (unpaired) electrons. The maximum atomic E-state index is 6.02. The summed E-state index contributed by atoms with van der Waals surface area (Å²) in [6.45, 7) is 1.18. The number of rotatable bonds is 6. The molecule has 0 bridgehead atoms. The highest BCUT2D eigenvalue weighted by atomic mass is 79.9. The zero-order valence-corrected chi connectivity index (χ0v) is 14.3. The van der Waals surface area contributed by atoms with Gasteiger partial charge >= 0.3 is 0 Å². The van der Waals surface area contributed by atoms with Crippen molar-refractivity contribution < 1.29 is 9.47 Å². The van der Waals surface area contributed by atoms with Crippen molar-refractivity contribution in [3.05, 3.63) is 57.0 Å². The van der Waals surface area contributed by atoms with E-state index >= 15 is 0 Å². The van der Waals surface area contributed by atoms with E-state index < -0.39 is 0 Å². The molecule has 112 valence electrons. The Morgan fingerprint density at radius 1 is 1.14 bits per heavy atom. The van der Waals surface area contributed by atoms with Gasteiger partial charge in [0.2, 0.25) is 0 Å². The number of methoxy groups -OCH3 is 1. The van der Waals surface area contributed by atoms with E-state index in [1.54, 1.807) is 13.2 Å². The maximum Gasteiger partial charge on any atom is 0.125 e. The lowest BCUT2D eigenvalue weighted by Crippen LogP contribution is -2.06. The Kier molecular flexibility index (Phi) is 5.91. The molecule has 0 saturated heterocycles. The smallest absolute Gasteiger partial charge is 0.125 e. The molecule has 21 heavy (non-hydrogen) atoms. The van der Waals surface area contributed by atoms with Crippen LogP contribution in [0.25, 0.3) is 0 Å². The molecule has 0 saturated carbocycles. The number of ether oxygens (including phenoxy) is 2. The van der Waals surface area contributed by atoms with Crippen LogP contribution in [0.2, 0.25) is 5.02 Å². The highest BCUT2D eigenvalue weighted by Gasteiger charge is 2.06. The highest BCUT2D eigenvalue weighted by Crippen LogP contribution is 2.26. The van der Waals surface area contributed by atoms with Crippen LogP contribution >= 0.6 is 27.5 Å². The van der Waals surface area contributed by atoms with Gasteiger partial charge in [0.15, 0.2) is 0 Å². The van der Waals surface area contributed by atoms with Crippen molar-refractivity contribution >= 4 is 27.5 Å². The van der Waals surface area contributed by atoms with E-state index in [2.05, 4.69) is 21.2 Å². The summed E-state index contributed by atoms with van der Waals surface area (Å²) in [5.74, 6) is 1.58. The maximum absolute atomic E-state index is 6.02. The second kappa shape index (κ2) is 7.69.